The molecule has 6 N–H and O–H groups in total. The summed E-state index contributed by atoms with van der Waals surface area (Å²) in [5.41, 5.74) is 12.3. The number of nitrogens with zero attached hydrogens (tertiary/aromatic N) is 2. The normalized spacial score (nSPS) is 12.8. The first-order chi connectivity index (χ1) is 19.3. The van der Waals surface area contributed by atoms with Gasteiger partial charge in [-0.2, -0.15) is 0 Å². The number of hydrogen-bond acceptors (Lipinski definition) is 8. The monoisotopic (exact) mass is 560 g/mol. The van der Waals surface area contributed by atoms with Crippen LogP contribution >= 0.6 is 0 Å². The first-order valence-electron chi connectivity index (χ1n) is 12.6. The van der Waals surface area contributed by atoms with E-state index in [1.165, 1.54) is 13.8 Å². The molecule has 2 aromatic carbocycles. The van der Waals surface area contributed by atoms with Gasteiger partial charge >= 0.3 is 11.9 Å². The van der Waals surface area contributed by atoms with E-state index >= 15 is 0 Å². The van der Waals surface area contributed by atoms with Crippen molar-refractivity contribution in [3.63, 3.8) is 0 Å². The lowest BCUT2D eigenvalue weighted by Crippen LogP contribution is -2.33. The van der Waals surface area contributed by atoms with Gasteiger partial charge in [-0.3, -0.25) is 37.9 Å². The fourth-order valence-electron chi connectivity index (χ4n) is 5.19. The number of para-hydroxylation sites is 2. The number of hydrogen-bond donors (Lipinski definition) is 4. The summed E-state index contributed by atoms with van der Waals surface area (Å²) in [7, 11) is 0. The molecule has 12 heteroatoms. The number of Topliss-reactive ketones (excluding diaryl/α,β-unsaturated/α-hetero) is 2. The molecule has 0 bridgehead atoms. The van der Waals surface area contributed by atoms with Crippen molar-refractivity contribution in [1.82, 2.24) is 9.13 Å². The molecule has 0 saturated carbocycles. The number of carboxylic acid groups (broad SMARTS) is 2. The molecule has 2 heterocycles. The Morgan fingerprint density at radius 3 is 1.32 bits per heavy atom. The summed E-state index contributed by atoms with van der Waals surface area (Å²) in [4.78, 5) is 76.3. The minimum Gasteiger partial charge on any atom is -0.480 e. The second kappa shape index (κ2) is 11.3. The number of aliphatic carboxylic acids is 2. The Kier molecular flexibility index (Phi) is 7.99. The zero-order valence-electron chi connectivity index (χ0n) is 22.3. The van der Waals surface area contributed by atoms with Crippen molar-refractivity contribution < 1.29 is 39.0 Å². The Morgan fingerprint density at radius 1 is 0.659 bits per heavy atom. The van der Waals surface area contributed by atoms with Crippen LogP contribution in [-0.2, 0) is 22.4 Å². The average Bonchev–Trinajstić information content (AvgIpc) is 3.42. The van der Waals surface area contributed by atoms with Crippen molar-refractivity contribution in [2.75, 3.05) is 0 Å². The Labute approximate surface area is 233 Å². The molecule has 0 aliphatic rings. The standard InChI is InChI=1S/C29H28N4O8/c1-14(34)32-22-9-5-3-7-16(22)18(11-20(30)28(38)39)26(32)24(36)13-25(37)27-19(12-21(31)29(40)41)17-8-4-6-10-23(17)33(27)15(2)35/h3-10,20-21H,11-13,30-31H2,1-2H3,(H,38,39)(H,40,41). The molecular formula is C29H28N4O8. The van der Waals surface area contributed by atoms with Crippen molar-refractivity contribution in [3.05, 3.63) is 71.0 Å². The molecule has 0 fully saturated rings. The van der Waals surface area contributed by atoms with Gasteiger partial charge in [-0.1, -0.05) is 36.4 Å². The van der Waals surface area contributed by atoms with E-state index in [1.54, 1.807) is 48.5 Å². The number of rotatable bonds is 10. The summed E-state index contributed by atoms with van der Waals surface area (Å²) < 4.78 is 2.24. The van der Waals surface area contributed by atoms with Crippen LogP contribution in [0.25, 0.3) is 21.8 Å². The SMILES string of the molecule is CC(=O)n1c(C(=O)CC(=O)c2c(CC(N)C(=O)O)c3ccccc3n2C(C)=O)c(CC(N)C(=O)O)c2ccccc21. The van der Waals surface area contributed by atoms with Crippen molar-refractivity contribution in [2.24, 2.45) is 11.5 Å². The van der Waals surface area contributed by atoms with E-state index in [9.17, 15) is 39.0 Å². The highest BCUT2D eigenvalue weighted by Gasteiger charge is 2.32. The molecule has 0 aliphatic carbocycles. The van der Waals surface area contributed by atoms with Crippen LogP contribution in [0.2, 0.25) is 0 Å². The van der Waals surface area contributed by atoms with E-state index in [4.69, 9.17) is 11.5 Å². The summed E-state index contributed by atoms with van der Waals surface area (Å²) in [6, 6.07) is 10.2. The van der Waals surface area contributed by atoms with Gasteiger partial charge in [-0.25, -0.2) is 0 Å². The van der Waals surface area contributed by atoms with Crippen LogP contribution < -0.4 is 11.5 Å². The molecule has 2 aromatic heterocycles. The minimum absolute atomic E-state index is 0.182. The van der Waals surface area contributed by atoms with Gasteiger partial charge in [0.15, 0.2) is 11.6 Å². The van der Waals surface area contributed by atoms with Gasteiger partial charge in [0.1, 0.15) is 12.1 Å². The fourth-order valence-corrected chi connectivity index (χ4v) is 5.19. The molecular weight excluding hydrogens is 532 g/mol. The topological polar surface area (TPSA) is 205 Å². The molecule has 0 aliphatic heterocycles. The first-order valence-corrected chi connectivity index (χ1v) is 12.6. The third kappa shape index (κ3) is 5.30. The highest BCUT2D eigenvalue weighted by Crippen LogP contribution is 2.31. The van der Waals surface area contributed by atoms with Gasteiger partial charge in [0.05, 0.1) is 28.8 Å². The number of carboxylic acids is 2. The maximum absolute atomic E-state index is 13.8. The molecule has 4 rings (SSSR count). The molecule has 0 saturated heterocycles. The number of benzene rings is 2. The van der Waals surface area contributed by atoms with Crippen molar-refractivity contribution in [3.8, 4) is 0 Å². The maximum atomic E-state index is 13.8. The van der Waals surface area contributed by atoms with Crippen LogP contribution in [-0.4, -0.2) is 66.8 Å². The molecule has 4 aromatic rings. The fraction of sp³-hybridized carbons (Fsp3) is 0.241. The maximum Gasteiger partial charge on any atom is 0.320 e. The van der Waals surface area contributed by atoms with Gasteiger partial charge in [0, 0.05) is 37.5 Å². The number of ketones is 2. The predicted molar refractivity (Wildman–Crippen MR) is 148 cm³/mol. The Bertz CT molecular complexity index is 1640. The Hall–Kier alpha value is -4.94. The molecule has 2 unspecified atom stereocenters. The highest BCUT2D eigenvalue weighted by atomic mass is 16.4. The van der Waals surface area contributed by atoms with Crippen molar-refractivity contribution in [1.29, 1.82) is 0 Å². The van der Waals surface area contributed by atoms with E-state index in [-0.39, 0.29) is 35.4 Å². The molecule has 0 spiro atoms. The van der Waals surface area contributed by atoms with Gasteiger partial charge in [0.2, 0.25) is 11.8 Å². The second-order valence-electron chi connectivity index (χ2n) is 9.72. The molecule has 2 atom stereocenters. The van der Waals surface area contributed by atoms with E-state index in [0.717, 1.165) is 9.13 Å². The number of fused-ring (bicyclic) bond motifs is 2. The lowest BCUT2D eigenvalue weighted by atomic mass is 9.96. The number of carbonyl (C=O) groups excluding carboxylic acids is 4. The Balaban J connectivity index is 1.89. The summed E-state index contributed by atoms with van der Waals surface area (Å²) in [6.45, 7) is 2.45. The van der Waals surface area contributed by atoms with Crippen LogP contribution in [0.3, 0.4) is 0 Å². The van der Waals surface area contributed by atoms with E-state index in [0.29, 0.717) is 21.8 Å². The van der Waals surface area contributed by atoms with E-state index in [2.05, 4.69) is 0 Å². The zero-order chi connectivity index (χ0) is 30.2. The van der Waals surface area contributed by atoms with E-state index < -0.39 is 53.8 Å². The van der Waals surface area contributed by atoms with Crippen LogP contribution in [0.1, 0.15) is 62.0 Å². The summed E-state index contributed by atoms with van der Waals surface area (Å²) >= 11 is 0. The van der Waals surface area contributed by atoms with Gasteiger partial charge in [0.25, 0.3) is 0 Å². The second-order valence-corrected chi connectivity index (χ2v) is 9.72. The Morgan fingerprint density at radius 2 is 1.00 bits per heavy atom. The van der Waals surface area contributed by atoms with Crippen LogP contribution in [0.15, 0.2) is 48.5 Å². The van der Waals surface area contributed by atoms with Gasteiger partial charge in [-0.15, -0.1) is 0 Å². The van der Waals surface area contributed by atoms with E-state index in [1.807, 2.05) is 0 Å². The summed E-state index contributed by atoms with van der Waals surface area (Å²) in [6.07, 6.45) is -1.40. The average molecular weight is 561 g/mol. The van der Waals surface area contributed by atoms with Crippen molar-refractivity contribution >= 4 is 57.1 Å². The lowest BCUT2D eigenvalue weighted by Gasteiger charge is -2.13. The van der Waals surface area contributed by atoms with Crippen LogP contribution in [0, 0.1) is 0 Å². The summed E-state index contributed by atoms with van der Waals surface area (Å²) in [5, 5.41) is 19.7. The molecule has 12 nitrogen and oxygen atoms in total. The van der Waals surface area contributed by atoms with Crippen molar-refractivity contribution in [2.45, 2.75) is 45.2 Å². The minimum atomic E-state index is -1.40. The molecule has 41 heavy (non-hydrogen) atoms. The molecule has 0 radical (unpaired) electrons. The summed E-state index contributed by atoms with van der Waals surface area (Å²) in [5.74, 6) is -5.32. The van der Waals surface area contributed by atoms with Crippen LogP contribution in [0.4, 0.5) is 0 Å². The quantitative estimate of drug-likeness (QED) is 0.164. The third-order valence-corrected chi connectivity index (χ3v) is 6.92. The number of carbonyl (C=O) groups is 6. The lowest BCUT2D eigenvalue weighted by molar-refractivity contribution is -0.139. The first kappa shape index (κ1) is 29.1. The smallest absolute Gasteiger partial charge is 0.320 e. The van der Waals surface area contributed by atoms with Gasteiger partial charge in [-0.05, 0) is 23.3 Å². The van der Waals surface area contributed by atoms with Gasteiger partial charge < -0.3 is 21.7 Å². The van der Waals surface area contributed by atoms with Crippen LogP contribution in [0.5, 0.6) is 0 Å². The highest BCUT2D eigenvalue weighted by molar-refractivity contribution is 6.19. The number of nitrogens with two attached hydrogens (primary N) is 2. The number of aromatic nitrogens is 2. The third-order valence-electron chi connectivity index (χ3n) is 6.92. The largest absolute Gasteiger partial charge is 0.480 e. The molecule has 0 amide bonds. The predicted octanol–water partition coefficient (Wildman–Crippen LogP) is 2.28. The zero-order valence-corrected chi connectivity index (χ0v) is 22.3. The molecule has 212 valence electrons.